The molecule has 1 aliphatic carbocycles. The predicted molar refractivity (Wildman–Crippen MR) is 133 cm³/mol. The van der Waals surface area contributed by atoms with Crippen molar-refractivity contribution in [2.24, 2.45) is 17.8 Å². The predicted octanol–water partition coefficient (Wildman–Crippen LogP) is 9.20. The van der Waals surface area contributed by atoms with E-state index >= 15 is 0 Å². The highest BCUT2D eigenvalue weighted by Gasteiger charge is 2.48. The van der Waals surface area contributed by atoms with Crippen LogP contribution in [0.15, 0.2) is 0 Å². The molecule has 0 aliphatic heterocycles. The summed E-state index contributed by atoms with van der Waals surface area (Å²) in [4.78, 5) is 0. The number of rotatable bonds is 3. The molecular weight excluding hydrogens is 362 g/mol. The summed E-state index contributed by atoms with van der Waals surface area (Å²) in [5.41, 5.74) is 0.931. The lowest BCUT2D eigenvalue weighted by molar-refractivity contribution is 0.224. The molecule has 2 heteroatoms. The maximum Gasteiger partial charge on any atom is -0.0165 e. The van der Waals surface area contributed by atoms with E-state index in [9.17, 15) is 0 Å². The first-order chi connectivity index (χ1) is 11.8. The van der Waals surface area contributed by atoms with E-state index in [0.717, 1.165) is 23.4 Å². The van der Waals surface area contributed by atoms with E-state index in [1.807, 2.05) is 0 Å². The van der Waals surface area contributed by atoms with Crippen LogP contribution in [0.4, 0.5) is 0 Å². The van der Waals surface area contributed by atoms with E-state index in [0.29, 0.717) is 20.6 Å². The van der Waals surface area contributed by atoms with Crippen LogP contribution in [0, 0.1) is 17.8 Å². The van der Waals surface area contributed by atoms with E-state index in [1.54, 1.807) is 0 Å². The molecule has 1 rings (SSSR count). The molecule has 1 saturated carbocycles. The third-order valence-corrected chi connectivity index (χ3v) is 14.9. The Morgan fingerprint density at radius 2 is 0.963 bits per heavy atom. The Kier molecular flexibility index (Phi) is 8.19. The van der Waals surface area contributed by atoms with E-state index in [4.69, 9.17) is 0 Å². The van der Waals surface area contributed by atoms with Gasteiger partial charge in [0, 0.05) is 0 Å². The van der Waals surface area contributed by atoms with Crippen molar-refractivity contribution in [2.75, 3.05) is 6.16 Å². The van der Waals surface area contributed by atoms with Crippen molar-refractivity contribution in [3.05, 3.63) is 0 Å². The van der Waals surface area contributed by atoms with Crippen LogP contribution in [-0.4, -0.2) is 32.4 Å². The third-order valence-electron chi connectivity index (χ3n) is 6.62. The molecule has 1 fully saturated rings. The molecule has 0 nitrogen and oxygen atoms in total. The minimum atomic E-state index is -0.0378. The molecule has 4 atom stereocenters. The third kappa shape index (κ3) is 6.95. The van der Waals surface area contributed by atoms with Crippen LogP contribution < -0.4 is 0 Å². The number of hydrogen-bond acceptors (Lipinski definition) is 0. The highest BCUT2D eigenvalue weighted by Crippen LogP contribution is 2.69. The summed E-state index contributed by atoms with van der Waals surface area (Å²) in [6, 6.07) is 0. The van der Waals surface area contributed by atoms with Gasteiger partial charge in [0.05, 0.1) is 0 Å². The zero-order chi connectivity index (χ0) is 21.6. The highest BCUT2D eigenvalue weighted by atomic mass is 31.1. The van der Waals surface area contributed by atoms with Crippen molar-refractivity contribution in [2.45, 2.75) is 136 Å². The van der Waals surface area contributed by atoms with Gasteiger partial charge in [-0.3, -0.25) is 0 Å². The van der Waals surface area contributed by atoms with E-state index in [2.05, 4.69) is 96.9 Å². The summed E-state index contributed by atoms with van der Waals surface area (Å²) >= 11 is 0. The van der Waals surface area contributed by atoms with Gasteiger partial charge in [-0.05, 0) is 63.0 Å². The Morgan fingerprint density at radius 3 is 1.30 bits per heavy atom. The first-order valence-electron chi connectivity index (χ1n) is 11.3. The first-order valence-corrected chi connectivity index (χ1v) is 14.3. The fourth-order valence-electron chi connectivity index (χ4n) is 5.97. The molecule has 0 aromatic rings. The summed E-state index contributed by atoms with van der Waals surface area (Å²) < 4.78 is 0. The maximum atomic E-state index is 2.53. The molecular formula is C25H52P2. The van der Waals surface area contributed by atoms with E-state index in [-0.39, 0.29) is 15.8 Å². The molecule has 0 heterocycles. The van der Waals surface area contributed by atoms with Gasteiger partial charge in [-0.15, -0.1) is 0 Å². The Bertz CT molecular complexity index is 439. The molecule has 2 unspecified atom stereocenters. The summed E-state index contributed by atoms with van der Waals surface area (Å²) in [5, 5.41) is 1.75. The smallest absolute Gasteiger partial charge is 0.0165 e. The topological polar surface area (TPSA) is 0 Å². The van der Waals surface area contributed by atoms with Crippen LogP contribution in [0.25, 0.3) is 0 Å². The molecule has 162 valence electrons. The summed E-state index contributed by atoms with van der Waals surface area (Å²) in [6.07, 6.45) is 4.40. The van der Waals surface area contributed by atoms with Gasteiger partial charge in [-0.25, -0.2) is 0 Å². The van der Waals surface area contributed by atoms with Crippen molar-refractivity contribution in [3.8, 4) is 0 Å². The van der Waals surface area contributed by atoms with Crippen LogP contribution in [0.1, 0.15) is 110 Å². The molecule has 0 amide bonds. The molecule has 0 radical (unpaired) electrons. The molecule has 27 heavy (non-hydrogen) atoms. The van der Waals surface area contributed by atoms with Gasteiger partial charge in [0.25, 0.3) is 0 Å². The summed E-state index contributed by atoms with van der Waals surface area (Å²) in [5.74, 6) is 2.70. The SMILES string of the molecule is CC1C[C@H](CP(C(C)(C)C)C(C)(C)C)[C@H](P(C(C)(C)C)C(C)(C)C)CC1C. The molecule has 0 saturated heterocycles. The molecule has 0 aromatic carbocycles. The Hall–Kier alpha value is 0.860. The zero-order valence-electron chi connectivity index (χ0n) is 21.3. The minimum Gasteiger partial charge on any atom is -0.0953 e. The van der Waals surface area contributed by atoms with Crippen molar-refractivity contribution in [1.29, 1.82) is 0 Å². The van der Waals surface area contributed by atoms with Crippen molar-refractivity contribution in [1.82, 2.24) is 0 Å². The van der Waals surface area contributed by atoms with Crippen molar-refractivity contribution < 1.29 is 0 Å². The molecule has 1 aliphatic rings. The van der Waals surface area contributed by atoms with Gasteiger partial charge in [0.1, 0.15) is 0 Å². The normalized spacial score (nSPS) is 28.9. The maximum absolute atomic E-state index is 2.53. The van der Waals surface area contributed by atoms with Crippen molar-refractivity contribution >= 4 is 15.8 Å². The molecule has 0 aromatic heterocycles. The Balaban J connectivity index is 3.33. The second-order valence-electron chi connectivity index (χ2n) is 13.4. The average molecular weight is 415 g/mol. The van der Waals surface area contributed by atoms with E-state index in [1.165, 1.54) is 19.0 Å². The Morgan fingerprint density at radius 1 is 0.593 bits per heavy atom. The second-order valence-corrected chi connectivity index (χ2v) is 21.4. The lowest BCUT2D eigenvalue weighted by Gasteiger charge is -2.54. The summed E-state index contributed by atoms with van der Waals surface area (Å²) in [6.45, 7) is 35.3. The minimum absolute atomic E-state index is 0.0117. The van der Waals surface area contributed by atoms with Gasteiger partial charge in [0.15, 0.2) is 0 Å². The lowest BCUT2D eigenvalue weighted by atomic mass is 9.76. The van der Waals surface area contributed by atoms with Crippen LogP contribution in [0.3, 0.4) is 0 Å². The molecule has 0 bridgehead atoms. The van der Waals surface area contributed by atoms with Gasteiger partial charge in [-0.2, -0.15) is 0 Å². The van der Waals surface area contributed by atoms with Gasteiger partial charge in [0.2, 0.25) is 0 Å². The summed E-state index contributed by atoms with van der Waals surface area (Å²) in [7, 11) is -0.0495. The largest absolute Gasteiger partial charge is 0.0953 e. The average Bonchev–Trinajstić information content (AvgIpc) is 2.34. The molecule has 0 spiro atoms. The fraction of sp³-hybridized carbons (Fsp3) is 1.00. The number of hydrogen-bond donors (Lipinski definition) is 0. The van der Waals surface area contributed by atoms with Crippen LogP contribution in [0.5, 0.6) is 0 Å². The van der Waals surface area contributed by atoms with Crippen LogP contribution in [0.2, 0.25) is 0 Å². The Labute approximate surface area is 175 Å². The quantitative estimate of drug-likeness (QED) is 0.404. The molecule has 0 N–H and O–H groups in total. The monoisotopic (exact) mass is 414 g/mol. The van der Waals surface area contributed by atoms with Crippen LogP contribution in [-0.2, 0) is 0 Å². The highest BCUT2D eigenvalue weighted by molar-refractivity contribution is 7.62. The first kappa shape index (κ1) is 25.9. The standard InChI is InChI=1S/C25H52P2/c1-18-15-20(17-26(22(3,4)5)23(6,7)8)21(16-19(18)2)27(24(9,10)11)25(12,13)14/h18-21H,15-17H2,1-14H3/t18?,19?,20-,21-/m1/s1. The second kappa shape index (κ2) is 8.54. The van der Waals surface area contributed by atoms with Crippen LogP contribution >= 0.6 is 15.8 Å². The van der Waals surface area contributed by atoms with Crippen molar-refractivity contribution in [3.63, 3.8) is 0 Å². The lowest BCUT2D eigenvalue weighted by Crippen LogP contribution is -2.42. The van der Waals surface area contributed by atoms with Gasteiger partial charge < -0.3 is 0 Å². The van der Waals surface area contributed by atoms with Gasteiger partial charge in [-0.1, -0.05) is 113 Å². The zero-order valence-corrected chi connectivity index (χ0v) is 23.1. The van der Waals surface area contributed by atoms with E-state index < -0.39 is 0 Å². The fourth-order valence-corrected chi connectivity index (χ4v) is 15.3. The van der Waals surface area contributed by atoms with Gasteiger partial charge >= 0.3 is 0 Å².